The minimum atomic E-state index is -0.632. The van der Waals surface area contributed by atoms with Gasteiger partial charge in [-0.3, -0.25) is 30.0 Å². The van der Waals surface area contributed by atoms with E-state index in [1.165, 1.54) is 0 Å². The highest BCUT2D eigenvalue weighted by atomic mass is 32.2. The first-order valence-electron chi connectivity index (χ1n) is 9.87. The zero-order valence-corrected chi connectivity index (χ0v) is 20.6. The maximum Gasteiger partial charge on any atom is 0.286 e. The molecule has 2 aromatic rings. The van der Waals surface area contributed by atoms with Gasteiger partial charge in [-0.05, 0) is 35.6 Å². The quantitative estimate of drug-likeness (QED) is 0.436. The van der Waals surface area contributed by atoms with Crippen molar-refractivity contribution in [3.05, 3.63) is 81.6 Å². The number of thiocarbonyl (C=S) groups is 2. The van der Waals surface area contributed by atoms with Crippen LogP contribution in [0, 0.1) is 0 Å². The van der Waals surface area contributed by atoms with Crippen LogP contribution in [0.25, 0.3) is 0 Å². The van der Waals surface area contributed by atoms with Crippen molar-refractivity contribution < 1.29 is 19.2 Å². The van der Waals surface area contributed by atoms with Gasteiger partial charge in [-0.1, -0.05) is 84.2 Å². The van der Waals surface area contributed by atoms with Gasteiger partial charge in [0, 0.05) is 0 Å². The molecule has 4 rings (SSSR count). The van der Waals surface area contributed by atoms with Crippen LogP contribution in [-0.4, -0.2) is 42.3 Å². The predicted octanol–water partition coefficient (Wildman–Crippen LogP) is 2.47. The summed E-state index contributed by atoms with van der Waals surface area (Å²) in [6.07, 6.45) is 0.117. The molecule has 0 saturated carbocycles. The molecule has 4 amide bonds. The first kappa shape index (κ1) is 24.1. The topological polar surface area (TPSA) is 98.8 Å². The molecule has 2 aliphatic heterocycles. The molecule has 2 N–H and O–H groups in total. The Morgan fingerprint density at radius 1 is 0.676 bits per heavy atom. The van der Waals surface area contributed by atoms with E-state index in [0.717, 1.165) is 44.7 Å². The van der Waals surface area contributed by atoms with E-state index in [-0.39, 0.29) is 31.3 Å². The lowest BCUT2D eigenvalue weighted by molar-refractivity contribution is -0.133. The van der Waals surface area contributed by atoms with Gasteiger partial charge in [0.05, 0.1) is 12.8 Å². The molecule has 2 fully saturated rings. The van der Waals surface area contributed by atoms with Gasteiger partial charge in [-0.15, -0.1) is 0 Å². The minimum absolute atomic E-state index is 0.0437. The van der Waals surface area contributed by atoms with Gasteiger partial charge in [0.25, 0.3) is 11.8 Å². The van der Waals surface area contributed by atoms with Crippen molar-refractivity contribution in [1.82, 2.24) is 20.9 Å². The van der Waals surface area contributed by atoms with Crippen LogP contribution in [0.4, 0.5) is 0 Å². The highest BCUT2D eigenvalue weighted by Gasteiger charge is 2.43. The number of carbonyl (C=O) groups excluding carboxylic acids is 4. The largest absolute Gasteiger partial charge is 0.286 e. The Morgan fingerprint density at radius 3 is 1.38 bits per heavy atom. The SMILES string of the molecule is O=C(Cc1ccccc1)NN1C(=O)C(=C2SC(=S)N(NC(=O)Cc3ccccc3)C2=O)SC1=S. The fraction of sp³-hybridized carbons (Fsp3) is 0.0909. The summed E-state index contributed by atoms with van der Waals surface area (Å²) in [5, 5.41) is 1.89. The summed E-state index contributed by atoms with van der Waals surface area (Å²) in [4.78, 5) is 50.8. The van der Waals surface area contributed by atoms with Crippen LogP contribution >= 0.6 is 48.0 Å². The van der Waals surface area contributed by atoms with Crippen molar-refractivity contribution in [2.24, 2.45) is 0 Å². The van der Waals surface area contributed by atoms with Crippen molar-refractivity contribution in [1.29, 1.82) is 0 Å². The molecular weight excluding hydrogens is 513 g/mol. The van der Waals surface area contributed by atoms with E-state index in [0.29, 0.717) is 0 Å². The molecule has 0 aromatic heterocycles. The van der Waals surface area contributed by atoms with Gasteiger partial charge in [0.1, 0.15) is 9.81 Å². The Kier molecular flexibility index (Phi) is 7.41. The summed E-state index contributed by atoms with van der Waals surface area (Å²) in [6, 6.07) is 18.1. The Balaban J connectivity index is 1.43. The monoisotopic (exact) mass is 528 g/mol. The molecule has 0 aliphatic carbocycles. The number of hydrazine groups is 2. The van der Waals surface area contributed by atoms with Crippen LogP contribution in [0.15, 0.2) is 70.5 Å². The van der Waals surface area contributed by atoms with Gasteiger partial charge in [-0.2, -0.15) is 10.0 Å². The summed E-state index contributed by atoms with van der Waals surface area (Å²) >= 11 is 12.2. The highest BCUT2D eigenvalue weighted by molar-refractivity contribution is 8.29. The van der Waals surface area contributed by atoms with E-state index in [4.69, 9.17) is 24.4 Å². The van der Waals surface area contributed by atoms with Crippen LogP contribution < -0.4 is 10.9 Å². The van der Waals surface area contributed by atoms with Gasteiger partial charge in [0.15, 0.2) is 8.64 Å². The number of nitrogens with zero attached hydrogens (tertiary/aromatic N) is 2. The minimum Gasteiger partial charge on any atom is -0.273 e. The average Bonchev–Trinajstić information content (AvgIpc) is 3.25. The molecule has 172 valence electrons. The third-order valence-corrected chi connectivity index (χ3v) is 7.51. The van der Waals surface area contributed by atoms with E-state index in [9.17, 15) is 19.2 Å². The number of benzene rings is 2. The third-order valence-electron chi connectivity index (χ3n) is 4.63. The highest BCUT2D eigenvalue weighted by Crippen LogP contribution is 2.41. The van der Waals surface area contributed by atoms with Crippen LogP contribution in [0.2, 0.25) is 0 Å². The molecule has 0 spiro atoms. The second-order valence-electron chi connectivity index (χ2n) is 7.07. The molecule has 2 aromatic carbocycles. The lowest BCUT2D eigenvalue weighted by atomic mass is 10.1. The molecule has 0 atom stereocenters. The van der Waals surface area contributed by atoms with Crippen molar-refractivity contribution in [3.8, 4) is 0 Å². The van der Waals surface area contributed by atoms with Gasteiger partial charge < -0.3 is 0 Å². The first-order valence-corrected chi connectivity index (χ1v) is 12.3. The number of hydrogen-bond donors (Lipinski definition) is 2. The van der Waals surface area contributed by atoms with Crippen molar-refractivity contribution in [2.45, 2.75) is 12.8 Å². The Hall–Kier alpha value is -3.06. The standard InChI is InChI=1S/C22H16N4O4S4/c27-15(11-13-7-3-1-4-8-13)23-25-19(29)17(33-21(25)31)18-20(30)26(22(32)34-18)24-16(28)12-14-9-5-2-6-10-14/h1-10H,11-12H2,(H,23,27)(H,24,28). The molecule has 2 heterocycles. The summed E-state index contributed by atoms with van der Waals surface area (Å²) in [5.74, 6) is -2.12. The average molecular weight is 529 g/mol. The van der Waals surface area contributed by atoms with Crippen molar-refractivity contribution >= 4 is 80.2 Å². The summed E-state index contributed by atoms with van der Waals surface area (Å²) in [6.45, 7) is 0. The van der Waals surface area contributed by atoms with E-state index < -0.39 is 23.6 Å². The normalized spacial score (nSPS) is 18.0. The molecule has 0 bridgehead atoms. The predicted molar refractivity (Wildman–Crippen MR) is 138 cm³/mol. The Bertz CT molecular complexity index is 1140. The Labute approximate surface area is 214 Å². The first-order chi connectivity index (χ1) is 16.3. The molecule has 2 saturated heterocycles. The fourth-order valence-corrected chi connectivity index (χ4v) is 5.61. The molecular formula is C22H16N4O4S4. The number of rotatable bonds is 6. The van der Waals surface area contributed by atoms with Crippen LogP contribution in [0.3, 0.4) is 0 Å². The molecule has 12 heteroatoms. The second-order valence-corrected chi connectivity index (χ2v) is 10.4. The molecule has 2 aliphatic rings. The maximum atomic E-state index is 12.9. The molecule has 0 radical (unpaired) electrons. The molecule has 8 nitrogen and oxygen atoms in total. The van der Waals surface area contributed by atoms with E-state index in [1.807, 2.05) is 36.4 Å². The summed E-state index contributed by atoms with van der Waals surface area (Å²) < 4.78 is 0.166. The third kappa shape index (κ3) is 5.36. The zero-order valence-electron chi connectivity index (χ0n) is 17.3. The molecule has 0 unspecified atom stereocenters. The lowest BCUT2D eigenvalue weighted by Crippen LogP contribution is -2.46. The van der Waals surface area contributed by atoms with Crippen LogP contribution in [0.5, 0.6) is 0 Å². The number of amides is 4. The van der Waals surface area contributed by atoms with E-state index in [2.05, 4.69) is 10.9 Å². The van der Waals surface area contributed by atoms with Crippen LogP contribution in [0.1, 0.15) is 11.1 Å². The number of thioether (sulfide) groups is 2. The number of carbonyl (C=O) groups is 4. The van der Waals surface area contributed by atoms with E-state index >= 15 is 0 Å². The number of nitrogens with one attached hydrogen (secondary N) is 2. The van der Waals surface area contributed by atoms with Gasteiger partial charge in [-0.25, -0.2) is 0 Å². The van der Waals surface area contributed by atoms with E-state index in [1.54, 1.807) is 24.3 Å². The Morgan fingerprint density at radius 2 is 1.03 bits per heavy atom. The zero-order chi connectivity index (χ0) is 24.2. The van der Waals surface area contributed by atoms with Crippen LogP contribution in [-0.2, 0) is 32.0 Å². The van der Waals surface area contributed by atoms with Gasteiger partial charge in [0.2, 0.25) is 11.8 Å². The van der Waals surface area contributed by atoms with Crippen molar-refractivity contribution in [2.75, 3.05) is 0 Å². The smallest absolute Gasteiger partial charge is 0.273 e. The molecule has 34 heavy (non-hydrogen) atoms. The maximum absolute atomic E-state index is 12.9. The number of hydrogen-bond acceptors (Lipinski definition) is 8. The fourth-order valence-electron chi connectivity index (χ4n) is 3.09. The second kappa shape index (κ2) is 10.5. The summed E-state index contributed by atoms with van der Waals surface area (Å²) in [5.41, 5.74) is 6.53. The summed E-state index contributed by atoms with van der Waals surface area (Å²) in [7, 11) is 0. The lowest BCUT2D eigenvalue weighted by Gasteiger charge is -2.16. The van der Waals surface area contributed by atoms with Gasteiger partial charge >= 0.3 is 0 Å². The van der Waals surface area contributed by atoms with Crippen molar-refractivity contribution in [3.63, 3.8) is 0 Å².